The van der Waals surface area contributed by atoms with Gasteiger partial charge in [-0.05, 0) is 47.2 Å². The number of nitrogens with zero attached hydrogens (tertiary/aromatic N) is 4. The molecule has 0 bridgehead atoms. The van der Waals surface area contributed by atoms with Crippen molar-refractivity contribution in [1.82, 2.24) is 19.1 Å². The lowest BCUT2D eigenvalue weighted by Crippen LogP contribution is -2.02. The van der Waals surface area contributed by atoms with E-state index in [4.69, 9.17) is 9.97 Å². The Kier molecular flexibility index (Phi) is 5.51. The minimum Gasteiger partial charge on any atom is -0.309 e. The standard InChI is InChI=1S/C44H26N4S/c1-3-14-28(15-4-1)40-43-41(33-24-23-27-13-7-8-18-30(27)42(33)49-43)46-44(45-40)48-35-22-12-10-20-32(35)39-37(48)26-25-36-38(39)31-19-9-11-21-34(31)47(36)29-16-5-2-6-17-29/h1-26H. The van der Waals surface area contributed by atoms with Crippen LogP contribution in [0.25, 0.3) is 97.6 Å². The molecule has 4 aromatic heterocycles. The Balaban J connectivity index is 1.29. The average Bonchev–Trinajstić information content (AvgIpc) is 3.83. The van der Waals surface area contributed by atoms with Crippen LogP contribution >= 0.6 is 11.3 Å². The van der Waals surface area contributed by atoms with Crippen molar-refractivity contribution in [2.24, 2.45) is 0 Å². The fourth-order valence-electron chi connectivity index (χ4n) is 7.84. The number of para-hydroxylation sites is 3. The van der Waals surface area contributed by atoms with Crippen molar-refractivity contribution in [3.63, 3.8) is 0 Å². The molecule has 0 radical (unpaired) electrons. The van der Waals surface area contributed by atoms with Gasteiger partial charge in [-0.1, -0.05) is 121 Å². The van der Waals surface area contributed by atoms with Gasteiger partial charge in [0.25, 0.3) is 0 Å². The molecule has 11 aromatic rings. The molecule has 0 fully saturated rings. The maximum atomic E-state index is 5.45. The minimum atomic E-state index is 0.677. The fraction of sp³-hybridized carbons (Fsp3) is 0. The van der Waals surface area contributed by atoms with E-state index in [1.165, 1.54) is 48.1 Å². The lowest BCUT2D eigenvalue weighted by Gasteiger charge is -2.10. The Hall–Kier alpha value is -6.30. The van der Waals surface area contributed by atoms with Gasteiger partial charge in [0.1, 0.15) is 0 Å². The van der Waals surface area contributed by atoms with Crippen LogP contribution in [0.2, 0.25) is 0 Å². The second-order valence-electron chi connectivity index (χ2n) is 12.6. The van der Waals surface area contributed by atoms with Crippen LogP contribution in [0, 0.1) is 0 Å². The number of benzene rings is 7. The molecule has 0 atom stereocenters. The molecule has 49 heavy (non-hydrogen) atoms. The Morgan fingerprint density at radius 1 is 0.408 bits per heavy atom. The highest BCUT2D eigenvalue weighted by Crippen LogP contribution is 2.44. The molecule has 0 amide bonds. The van der Waals surface area contributed by atoms with Crippen molar-refractivity contribution in [2.75, 3.05) is 0 Å². The minimum absolute atomic E-state index is 0.677. The van der Waals surface area contributed by atoms with E-state index in [0.717, 1.165) is 43.6 Å². The topological polar surface area (TPSA) is 35.6 Å². The number of hydrogen-bond acceptors (Lipinski definition) is 3. The predicted octanol–water partition coefficient (Wildman–Crippen LogP) is 11.9. The normalized spacial score (nSPS) is 12.1. The van der Waals surface area contributed by atoms with Crippen LogP contribution in [0.5, 0.6) is 0 Å². The molecule has 4 nitrogen and oxygen atoms in total. The van der Waals surface area contributed by atoms with E-state index in [2.05, 4.69) is 167 Å². The van der Waals surface area contributed by atoms with Gasteiger partial charge < -0.3 is 4.57 Å². The maximum absolute atomic E-state index is 5.45. The Labute approximate surface area is 284 Å². The zero-order chi connectivity index (χ0) is 32.1. The highest BCUT2D eigenvalue weighted by Gasteiger charge is 2.23. The maximum Gasteiger partial charge on any atom is 0.235 e. The van der Waals surface area contributed by atoms with Crippen molar-refractivity contribution < 1.29 is 0 Å². The van der Waals surface area contributed by atoms with Gasteiger partial charge in [0.15, 0.2) is 0 Å². The van der Waals surface area contributed by atoms with Crippen LogP contribution in [0.1, 0.15) is 0 Å². The smallest absolute Gasteiger partial charge is 0.235 e. The molecule has 0 unspecified atom stereocenters. The first-order valence-corrected chi connectivity index (χ1v) is 17.3. The summed E-state index contributed by atoms with van der Waals surface area (Å²) in [4.78, 5) is 10.9. The summed E-state index contributed by atoms with van der Waals surface area (Å²) in [5.41, 5.74) is 8.73. The van der Waals surface area contributed by atoms with Gasteiger partial charge in [-0.15, -0.1) is 11.3 Å². The van der Waals surface area contributed by atoms with E-state index in [1.807, 2.05) is 0 Å². The molecular formula is C44H26N4S. The first-order valence-electron chi connectivity index (χ1n) is 16.5. The summed E-state index contributed by atoms with van der Waals surface area (Å²) in [5, 5.41) is 8.51. The lowest BCUT2D eigenvalue weighted by molar-refractivity contribution is 1.02. The Morgan fingerprint density at radius 2 is 1.00 bits per heavy atom. The Morgan fingerprint density at radius 3 is 1.73 bits per heavy atom. The van der Waals surface area contributed by atoms with Gasteiger partial charge in [0, 0.05) is 42.9 Å². The third-order valence-corrected chi connectivity index (χ3v) is 11.2. The Bertz CT molecular complexity index is 3100. The van der Waals surface area contributed by atoms with Crippen LogP contribution in [0.15, 0.2) is 158 Å². The quantitative estimate of drug-likeness (QED) is 0.192. The second-order valence-corrected chi connectivity index (χ2v) is 13.6. The van der Waals surface area contributed by atoms with Crippen molar-refractivity contribution in [2.45, 2.75) is 0 Å². The molecule has 0 N–H and O–H groups in total. The third-order valence-electron chi connectivity index (χ3n) is 9.93. The highest BCUT2D eigenvalue weighted by atomic mass is 32.1. The fourth-order valence-corrected chi connectivity index (χ4v) is 9.13. The van der Waals surface area contributed by atoms with E-state index in [1.54, 1.807) is 11.3 Å². The number of thiophene rings is 1. The summed E-state index contributed by atoms with van der Waals surface area (Å²) < 4.78 is 7.01. The molecule has 5 heteroatoms. The number of fused-ring (bicyclic) bond motifs is 12. The molecule has 7 aromatic carbocycles. The summed E-state index contributed by atoms with van der Waals surface area (Å²) >= 11 is 1.79. The summed E-state index contributed by atoms with van der Waals surface area (Å²) in [6.45, 7) is 0. The SMILES string of the molecule is c1ccc(-c2nc(-n3c4ccccc4c4c5c6ccccc6n(-c6ccccc6)c5ccc43)nc3c2sc2c4ccccc4ccc32)cc1. The molecule has 0 aliphatic carbocycles. The van der Waals surface area contributed by atoms with Gasteiger partial charge in [0.05, 0.1) is 38.0 Å². The number of hydrogen-bond donors (Lipinski definition) is 0. The first kappa shape index (κ1) is 26.7. The zero-order valence-electron chi connectivity index (χ0n) is 26.2. The largest absolute Gasteiger partial charge is 0.309 e. The first-order chi connectivity index (χ1) is 24.3. The zero-order valence-corrected chi connectivity index (χ0v) is 27.0. The van der Waals surface area contributed by atoms with Crippen LogP contribution < -0.4 is 0 Å². The summed E-state index contributed by atoms with van der Waals surface area (Å²) in [5.74, 6) is 0.677. The van der Waals surface area contributed by atoms with Crippen molar-refractivity contribution in [3.8, 4) is 22.9 Å². The molecule has 11 rings (SSSR count). The molecule has 228 valence electrons. The monoisotopic (exact) mass is 642 g/mol. The molecule has 0 aliphatic rings. The van der Waals surface area contributed by atoms with Gasteiger partial charge in [0.2, 0.25) is 5.95 Å². The van der Waals surface area contributed by atoms with Crippen LogP contribution in [0.4, 0.5) is 0 Å². The number of rotatable bonds is 3. The summed E-state index contributed by atoms with van der Waals surface area (Å²) in [6.07, 6.45) is 0. The van der Waals surface area contributed by atoms with E-state index in [9.17, 15) is 0 Å². The lowest BCUT2D eigenvalue weighted by atomic mass is 10.1. The van der Waals surface area contributed by atoms with Crippen molar-refractivity contribution >= 4 is 86.0 Å². The molecule has 4 heterocycles. The highest BCUT2D eigenvalue weighted by molar-refractivity contribution is 7.27. The van der Waals surface area contributed by atoms with Gasteiger partial charge in [-0.25, -0.2) is 9.97 Å². The molecule has 0 saturated carbocycles. The second kappa shape index (κ2) is 10.1. The summed E-state index contributed by atoms with van der Waals surface area (Å²) in [7, 11) is 0. The molecular weight excluding hydrogens is 617 g/mol. The van der Waals surface area contributed by atoms with E-state index < -0.39 is 0 Å². The molecule has 0 saturated heterocycles. The molecule has 0 aliphatic heterocycles. The van der Waals surface area contributed by atoms with Crippen LogP contribution in [-0.2, 0) is 0 Å². The van der Waals surface area contributed by atoms with Crippen molar-refractivity contribution in [1.29, 1.82) is 0 Å². The number of aromatic nitrogens is 4. The van der Waals surface area contributed by atoms with Gasteiger partial charge in [-0.3, -0.25) is 4.57 Å². The predicted molar refractivity (Wildman–Crippen MR) is 207 cm³/mol. The average molecular weight is 643 g/mol. The molecule has 0 spiro atoms. The van der Waals surface area contributed by atoms with E-state index in [-0.39, 0.29) is 0 Å². The van der Waals surface area contributed by atoms with Crippen LogP contribution in [-0.4, -0.2) is 19.1 Å². The van der Waals surface area contributed by atoms with E-state index >= 15 is 0 Å². The third kappa shape index (κ3) is 3.73. The van der Waals surface area contributed by atoms with E-state index in [0.29, 0.717) is 5.95 Å². The van der Waals surface area contributed by atoms with Crippen molar-refractivity contribution in [3.05, 3.63) is 158 Å². The van der Waals surface area contributed by atoms with Gasteiger partial charge in [-0.2, -0.15) is 0 Å². The summed E-state index contributed by atoms with van der Waals surface area (Å²) in [6, 6.07) is 56.2. The van der Waals surface area contributed by atoms with Crippen LogP contribution in [0.3, 0.4) is 0 Å². The van der Waals surface area contributed by atoms with Gasteiger partial charge >= 0.3 is 0 Å².